The molecule has 24 heavy (non-hydrogen) atoms. The van der Waals surface area contributed by atoms with Gasteiger partial charge >= 0.3 is 0 Å². The lowest BCUT2D eigenvalue weighted by molar-refractivity contribution is 0.0859. The third-order valence-electron chi connectivity index (χ3n) is 3.71. The predicted octanol–water partition coefficient (Wildman–Crippen LogP) is 3.53. The van der Waals surface area contributed by atoms with Gasteiger partial charge in [-0.3, -0.25) is 4.79 Å². The quantitative estimate of drug-likeness (QED) is 0.883. The second-order valence-electron chi connectivity index (χ2n) is 5.75. The standard InChI is InChI=1S/C17H18ClN3O2S/c1-10-16(24-11(2)20-10)17(22)19-9-14-8-15(23-21-14)7-12-4-3-5-13(18)6-12/h3-6,15H,7-9H2,1-2H3,(H,19,22). The Labute approximate surface area is 149 Å². The van der Waals surface area contributed by atoms with Crippen molar-refractivity contribution >= 4 is 34.6 Å². The van der Waals surface area contributed by atoms with Gasteiger partial charge in [-0.15, -0.1) is 11.3 Å². The third-order valence-corrected chi connectivity index (χ3v) is 5.02. The minimum atomic E-state index is -0.112. The summed E-state index contributed by atoms with van der Waals surface area (Å²) in [6, 6.07) is 7.72. The first kappa shape index (κ1) is 16.9. The van der Waals surface area contributed by atoms with Gasteiger partial charge in [-0.25, -0.2) is 4.98 Å². The first-order valence-corrected chi connectivity index (χ1v) is 8.89. The number of benzene rings is 1. The Hall–Kier alpha value is -1.92. The highest BCUT2D eigenvalue weighted by Gasteiger charge is 2.22. The van der Waals surface area contributed by atoms with Gasteiger partial charge in [-0.2, -0.15) is 0 Å². The van der Waals surface area contributed by atoms with Crippen molar-refractivity contribution in [3.63, 3.8) is 0 Å². The number of carbonyl (C=O) groups is 1. The van der Waals surface area contributed by atoms with Crippen molar-refractivity contribution in [3.8, 4) is 0 Å². The molecule has 5 nitrogen and oxygen atoms in total. The number of aromatic nitrogens is 1. The van der Waals surface area contributed by atoms with E-state index in [1.807, 2.05) is 38.1 Å². The van der Waals surface area contributed by atoms with Crippen LogP contribution < -0.4 is 5.32 Å². The molecule has 1 aromatic heterocycles. The number of halogens is 1. The molecule has 0 aliphatic carbocycles. The number of rotatable bonds is 5. The van der Waals surface area contributed by atoms with E-state index in [0.29, 0.717) is 22.9 Å². The molecule has 126 valence electrons. The van der Waals surface area contributed by atoms with Crippen molar-refractivity contribution in [1.29, 1.82) is 0 Å². The first-order valence-electron chi connectivity index (χ1n) is 7.69. The van der Waals surface area contributed by atoms with E-state index >= 15 is 0 Å². The minimum absolute atomic E-state index is 0.0113. The van der Waals surface area contributed by atoms with Crippen LogP contribution in [0, 0.1) is 13.8 Å². The minimum Gasteiger partial charge on any atom is -0.392 e. The number of amides is 1. The van der Waals surface area contributed by atoms with Crippen molar-refractivity contribution in [2.24, 2.45) is 5.16 Å². The number of hydrogen-bond acceptors (Lipinski definition) is 5. The van der Waals surface area contributed by atoms with Crippen LogP contribution in [0.3, 0.4) is 0 Å². The molecular weight excluding hydrogens is 346 g/mol. The molecule has 1 amide bonds. The molecule has 0 fully saturated rings. The van der Waals surface area contributed by atoms with Crippen molar-refractivity contribution < 1.29 is 9.63 Å². The Morgan fingerprint density at radius 3 is 3.00 bits per heavy atom. The molecule has 2 heterocycles. The fraction of sp³-hybridized carbons (Fsp3) is 0.353. The molecule has 1 unspecified atom stereocenters. The maximum absolute atomic E-state index is 12.2. The Bertz CT molecular complexity index is 788. The Morgan fingerprint density at radius 2 is 2.29 bits per heavy atom. The van der Waals surface area contributed by atoms with Crippen LogP contribution in [0.1, 0.15) is 32.4 Å². The average Bonchev–Trinajstić information content (AvgIpc) is 3.11. The largest absolute Gasteiger partial charge is 0.392 e. The van der Waals surface area contributed by atoms with E-state index < -0.39 is 0 Å². The van der Waals surface area contributed by atoms with Gasteiger partial charge in [0.15, 0.2) is 0 Å². The Kier molecular flexibility index (Phi) is 5.16. The van der Waals surface area contributed by atoms with Crippen LogP contribution in [0.25, 0.3) is 0 Å². The van der Waals surface area contributed by atoms with E-state index in [2.05, 4.69) is 15.5 Å². The molecule has 1 N–H and O–H groups in total. The number of aryl methyl sites for hydroxylation is 2. The van der Waals surface area contributed by atoms with Gasteiger partial charge in [-0.1, -0.05) is 28.9 Å². The van der Waals surface area contributed by atoms with Crippen LogP contribution in [0.2, 0.25) is 5.02 Å². The smallest absolute Gasteiger partial charge is 0.263 e. The van der Waals surface area contributed by atoms with Gasteiger partial charge in [0.25, 0.3) is 5.91 Å². The number of thiazole rings is 1. The molecule has 7 heteroatoms. The molecule has 0 spiro atoms. The lowest BCUT2D eigenvalue weighted by atomic mass is 10.0. The van der Waals surface area contributed by atoms with Crippen molar-refractivity contribution in [3.05, 3.63) is 50.4 Å². The number of carbonyl (C=O) groups excluding carboxylic acids is 1. The van der Waals surface area contributed by atoms with Crippen molar-refractivity contribution in [2.45, 2.75) is 32.8 Å². The summed E-state index contributed by atoms with van der Waals surface area (Å²) in [5.74, 6) is -0.112. The van der Waals surface area contributed by atoms with Crippen LogP contribution in [0.4, 0.5) is 0 Å². The van der Waals surface area contributed by atoms with E-state index in [1.165, 1.54) is 11.3 Å². The highest BCUT2D eigenvalue weighted by atomic mass is 35.5. The second kappa shape index (κ2) is 7.32. The fourth-order valence-corrected chi connectivity index (χ4v) is 3.68. The van der Waals surface area contributed by atoms with Gasteiger partial charge in [0.1, 0.15) is 11.0 Å². The van der Waals surface area contributed by atoms with Crippen molar-refractivity contribution in [1.82, 2.24) is 10.3 Å². The number of nitrogens with zero attached hydrogens (tertiary/aromatic N) is 2. The maximum Gasteiger partial charge on any atom is 0.263 e. The molecule has 1 aliphatic heterocycles. The van der Waals surface area contributed by atoms with Crippen LogP contribution >= 0.6 is 22.9 Å². The van der Waals surface area contributed by atoms with Gasteiger partial charge in [-0.05, 0) is 31.5 Å². The molecule has 0 saturated heterocycles. The lowest BCUT2D eigenvalue weighted by Crippen LogP contribution is -2.29. The highest BCUT2D eigenvalue weighted by Crippen LogP contribution is 2.19. The number of hydrogen-bond donors (Lipinski definition) is 1. The summed E-state index contributed by atoms with van der Waals surface area (Å²) in [4.78, 5) is 22.6. The highest BCUT2D eigenvalue weighted by molar-refractivity contribution is 7.13. The SMILES string of the molecule is Cc1nc(C)c(C(=O)NCC2=NOC(Cc3cccc(Cl)c3)C2)s1. The Balaban J connectivity index is 1.49. The van der Waals surface area contributed by atoms with E-state index in [0.717, 1.165) is 28.4 Å². The molecule has 0 saturated carbocycles. The molecule has 2 aromatic rings. The maximum atomic E-state index is 12.2. The van der Waals surface area contributed by atoms with Gasteiger partial charge < -0.3 is 10.2 Å². The number of nitrogens with one attached hydrogen (secondary N) is 1. The van der Waals surface area contributed by atoms with Gasteiger partial charge in [0.05, 0.1) is 23.0 Å². The summed E-state index contributed by atoms with van der Waals surface area (Å²) in [7, 11) is 0. The topological polar surface area (TPSA) is 63.6 Å². The summed E-state index contributed by atoms with van der Waals surface area (Å²) in [5.41, 5.74) is 2.72. The zero-order chi connectivity index (χ0) is 17.1. The zero-order valence-corrected chi connectivity index (χ0v) is 15.1. The van der Waals surface area contributed by atoms with Gasteiger partial charge in [0.2, 0.25) is 0 Å². The van der Waals surface area contributed by atoms with Gasteiger partial charge in [0, 0.05) is 17.9 Å². The summed E-state index contributed by atoms with van der Waals surface area (Å²) in [6.07, 6.45) is 1.44. The molecule has 1 aliphatic rings. The predicted molar refractivity (Wildman–Crippen MR) is 96.0 cm³/mol. The summed E-state index contributed by atoms with van der Waals surface area (Å²) < 4.78 is 0. The average molecular weight is 364 g/mol. The first-order chi connectivity index (χ1) is 11.5. The molecule has 0 bridgehead atoms. The molecule has 3 rings (SSSR count). The summed E-state index contributed by atoms with van der Waals surface area (Å²) in [6.45, 7) is 4.13. The van der Waals surface area contributed by atoms with Crippen LogP contribution in [-0.2, 0) is 11.3 Å². The van der Waals surface area contributed by atoms with Crippen LogP contribution in [-0.4, -0.2) is 29.3 Å². The third kappa shape index (κ3) is 4.13. The monoisotopic (exact) mass is 363 g/mol. The van der Waals surface area contributed by atoms with E-state index in [-0.39, 0.29) is 12.0 Å². The van der Waals surface area contributed by atoms with E-state index in [9.17, 15) is 4.79 Å². The summed E-state index contributed by atoms with van der Waals surface area (Å²) >= 11 is 7.40. The second-order valence-corrected chi connectivity index (χ2v) is 7.39. The molecule has 1 atom stereocenters. The molecule has 1 aromatic carbocycles. The summed E-state index contributed by atoms with van der Waals surface area (Å²) in [5, 5.41) is 8.58. The molecular formula is C17H18ClN3O2S. The lowest BCUT2D eigenvalue weighted by Gasteiger charge is -2.08. The fourth-order valence-electron chi connectivity index (χ4n) is 2.63. The number of oxime groups is 1. The zero-order valence-electron chi connectivity index (χ0n) is 13.5. The van der Waals surface area contributed by atoms with Crippen LogP contribution in [0.5, 0.6) is 0 Å². The van der Waals surface area contributed by atoms with E-state index in [4.69, 9.17) is 16.4 Å². The normalized spacial score (nSPS) is 16.6. The van der Waals surface area contributed by atoms with E-state index in [1.54, 1.807) is 0 Å². The van der Waals surface area contributed by atoms with Crippen LogP contribution in [0.15, 0.2) is 29.4 Å². The van der Waals surface area contributed by atoms with Crippen molar-refractivity contribution in [2.75, 3.05) is 6.54 Å². The molecule has 0 radical (unpaired) electrons. The Morgan fingerprint density at radius 1 is 1.46 bits per heavy atom.